The van der Waals surface area contributed by atoms with Crippen LogP contribution in [0.1, 0.15) is 30.3 Å². The average molecular weight is 448 g/mol. The van der Waals surface area contributed by atoms with Gasteiger partial charge in [0.25, 0.3) is 5.56 Å². The number of carbonyl (C=O) groups excluding carboxylic acids is 1. The lowest BCUT2D eigenvalue weighted by Gasteiger charge is -2.16. The van der Waals surface area contributed by atoms with Gasteiger partial charge in [0.1, 0.15) is 16.6 Å². The Kier molecular flexibility index (Phi) is 6.10. The van der Waals surface area contributed by atoms with Crippen LogP contribution in [0.15, 0.2) is 59.7 Å². The second kappa shape index (κ2) is 8.96. The van der Waals surface area contributed by atoms with Crippen molar-refractivity contribution in [3.8, 4) is 16.9 Å². The summed E-state index contributed by atoms with van der Waals surface area (Å²) < 4.78 is 6.94. The maximum absolute atomic E-state index is 13.5. The predicted molar refractivity (Wildman–Crippen MR) is 130 cm³/mol. The molecule has 2 heterocycles. The summed E-state index contributed by atoms with van der Waals surface area (Å²) in [6.07, 6.45) is 1.46. The number of hydrogen-bond acceptors (Lipinski definition) is 5. The number of hydrogen-bond donors (Lipinski definition) is 1. The largest absolute Gasteiger partial charge is 0.494 e. The molecule has 0 aliphatic carbocycles. The normalized spacial score (nSPS) is 12.0. The number of ether oxygens (including phenoxy) is 1. The minimum Gasteiger partial charge on any atom is -0.494 e. The van der Waals surface area contributed by atoms with E-state index in [4.69, 9.17) is 4.74 Å². The molecule has 2 aromatic carbocycles. The van der Waals surface area contributed by atoms with Crippen molar-refractivity contribution in [2.24, 2.45) is 0 Å². The van der Waals surface area contributed by atoms with Gasteiger partial charge in [-0.3, -0.25) is 14.2 Å². The van der Waals surface area contributed by atoms with Crippen molar-refractivity contribution >= 4 is 33.1 Å². The zero-order valence-corrected chi connectivity index (χ0v) is 19.3. The van der Waals surface area contributed by atoms with E-state index >= 15 is 0 Å². The van der Waals surface area contributed by atoms with Crippen LogP contribution in [-0.4, -0.2) is 22.1 Å². The number of carbonyl (C=O) groups is 1. The van der Waals surface area contributed by atoms with Gasteiger partial charge in [0.15, 0.2) is 0 Å². The highest BCUT2D eigenvalue weighted by Crippen LogP contribution is 2.36. The summed E-state index contributed by atoms with van der Waals surface area (Å²) in [5, 5.41) is 3.45. The van der Waals surface area contributed by atoms with Gasteiger partial charge in [-0.05, 0) is 57.0 Å². The van der Waals surface area contributed by atoms with Gasteiger partial charge in [-0.1, -0.05) is 30.3 Å². The van der Waals surface area contributed by atoms with Crippen LogP contribution >= 0.6 is 11.3 Å². The lowest BCUT2D eigenvalue weighted by Crippen LogP contribution is -2.31. The fourth-order valence-corrected chi connectivity index (χ4v) is 4.70. The molecule has 7 heteroatoms. The molecule has 0 aliphatic heterocycles. The number of para-hydroxylation sites is 1. The number of fused-ring (bicyclic) bond motifs is 1. The quantitative estimate of drug-likeness (QED) is 0.433. The van der Waals surface area contributed by atoms with Crippen LogP contribution in [0.3, 0.4) is 0 Å². The Bertz CT molecular complexity index is 1340. The lowest BCUT2D eigenvalue weighted by atomic mass is 10.0. The van der Waals surface area contributed by atoms with Crippen LogP contribution in [0, 0.1) is 13.8 Å². The van der Waals surface area contributed by atoms with E-state index in [1.165, 1.54) is 22.2 Å². The Hall–Kier alpha value is -3.45. The van der Waals surface area contributed by atoms with E-state index in [-0.39, 0.29) is 11.5 Å². The highest BCUT2D eigenvalue weighted by atomic mass is 32.1. The standard InChI is InChI=1S/C25H25N3O3S/c1-5-31-19-12-10-18(11-13-19)21-17(4)32-24-22(21)25(30)28(14-26-24)16(3)23(29)27-20-9-7-6-8-15(20)2/h6-14,16H,5H2,1-4H3,(H,27,29). The number of aryl methyl sites for hydroxylation is 2. The third-order valence-corrected chi connectivity index (χ3v) is 6.48. The molecule has 6 nitrogen and oxygen atoms in total. The second-order valence-electron chi connectivity index (χ2n) is 7.61. The Morgan fingerprint density at radius 2 is 1.88 bits per heavy atom. The van der Waals surface area contributed by atoms with Crippen LogP contribution in [-0.2, 0) is 4.79 Å². The van der Waals surface area contributed by atoms with Gasteiger partial charge in [0, 0.05) is 16.1 Å². The lowest BCUT2D eigenvalue weighted by molar-refractivity contribution is -0.118. The Morgan fingerprint density at radius 1 is 1.16 bits per heavy atom. The Balaban J connectivity index is 1.73. The number of amides is 1. The van der Waals surface area contributed by atoms with Crippen LogP contribution in [0.4, 0.5) is 5.69 Å². The number of rotatable bonds is 6. The van der Waals surface area contributed by atoms with Gasteiger partial charge in [0.2, 0.25) is 5.91 Å². The van der Waals surface area contributed by atoms with Crippen molar-refractivity contribution in [2.45, 2.75) is 33.7 Å². The molecule has 0 saturated heterocycles. The highest BCUT2D eigenvalue weighted by molar-refractivity contribution is 7.19. The predicted octanol–water partition coefficient (Wildman–Crippen LogP) is 5.34. The molecule has 1 amide bonds. The average Bonchev–Trinajstić information content (AvgIpc) is 3.12. The zero-order valence-electron chi connectivity index (χ0n) is 18.5. The molecule has 0 spiro atoms. The number of nitrogens with zero attached hydrogens (tertiary/aromatic N) is 2. The van der Waals surface area contributed by atoms with E-state index in [0.29, 0.717) is 16.8 Å². The maximum Gasteiger partial charge on any atom is 0.263 e. The number of aromatic nitrogens is 2. The van der Waals surface area contributed by atoms with E-state index in [9.17, 15) is 9.59 Å². The van der Waals surface area contributed by atoms with Crippen LogP contribution in [0.25, 0.3) is 21.3 Å². The molecule has 1 atom stereocenters. The van der Waals surface area contributed by atoms with Gasteiger partial charge >= 0.3 is 0 Å². The molecule has 0 aliphatic rings. The fourth-order valence-electron chi connectivity index (χ4n) is 3.70. The van der Waals surface area contributed by atoms with Crippen molar-refractivity contribution in [3.63, 3.8) is 0 Å². The number of anilines is 1. The summed E-state index contributed by atoms with van der Waals surface area (Å²) in [5.41, 5.74) is 3.24. The van der Waals surface area contributed by atoms with Gasteiger partial charge in [-0.2, -0.15) is 0 Å². The first kappa shape index (κ1) is 21.8. The van der Waals surface area contributed by atoms with Crippen molar-refractivity contribution in [3.05, 3.63) is 75.7 Å². The molecule has 1 N–H and O–H groups in total. The third kappa shape index (κ3) is 4.03. The number of thiophene rings is 1. The van der Waals surface area contributed by atoms with Crippen LogP contribution in [0.5, 0.6) is 5.75 Å². The van der Waals surface area contributed by atoms with Crippen molar-refractivity contribution < 1.29 is 9.53 Å². The van der Waals surface area contributed by atoms with Gasteiger partial charge in [0.05, 0.1) is 18.3 Å². The minimum absolute atomic E-state index is 0.226. The number of nitrogens with one attached hydrogen (secondary N) is 1. The molecule has 4 aromatic rings. The molecule has 2 aromatic heterocycles. The first-order valence-corrected chi connectivity index (χ1v) is 11.3. The zero-order chi connectivity index (χ0) is 22.8. The van der Waals surface area contributed by atoms with Crippen LogP contribution in [0.2, 0.25) is 0 Å². The van der Waals surface area contributed by atoms with Gasteiger partial charge in [-0.25, -0.2) is 4.98 Å². The van der Waals surface area contributed by atoms with E-state index in [1.807, 2.05) is 69.3 Å². The molecule has 0 bridgehead atoms. The molecule has 4 rings (SSSR count). The second-order valence-corrected chi connectivity index (χ2v) is 8.81. The smallest absolute Gasteiger partial charge is 0.263 e. The Morgan fingerprint density at radius 3 is 2.56 bits per heavy atom. The van der Waals surface area contributed by atoms with E-state index in [2.05, 4.69) is 10.3 Å². The third-order valence-electron chi connectivity index (χ3n) is 5.47. The van der Waals surface area contributed by atoms with Crippen LogP contribution < -0.4 is 15.6 Å². The summed E-state index contributed by atoms with van der Waals surface area (Å²) in [5.74, 6) is 0.516. The highest BCUT2D eigenvalue weighted by Gasteiger charge is 2.22. The molecular weight excluding hydrogens is 422 g/mol. The van der Waals surface area contributed by atoms with Crippen molar-refractivity contribution in [1.82, 2.24) is 9.55 Å². The molecule has 1 unspecified atom stereocenters. The monoisotopic (exact) mass is 447 g/mol. The molecular formula is C25H25N3O3S. The first-order chi connectivity index (χ1) is 15.4. The van der Waals surface area contributed by atoms with Crippen molar-refractivity contribution in [1.29, 1.82) is 0 Å². The summed E-state index contributed by atoms with van der Waals surface area (Å²) in [4.78, 5) is 32.6. The van der Waals surface area contributed by atoms with Gasteiger partial charge in [-0.15, -0.1) is 11.3 Å². The summed E-state index contributed by atoms with van der Waals surface area (Å²) >= 11 is 1.48. The van der Waals surface area contributed by atoms with E-state index in [1.54, 1.807) is 6.92 Å². The molecule has 0 radical (unpaired) electrons. The summed E-state index contributed by atoms with van der Waals surface area (Å²) in [6, 6.07) is 14.5. The van der Waals surface area contributed by atoms with Gasteiger partial charge < -0.3 is 10.1 Å². The number of benzene rings is 2. The van der Waals surface area contributed by atoms with E-state index < -0.39 is 6.04 Å². The van der Waals surface area contributed by atoms with E-state index in [0.717, 1.165) is 33.0 Å². The molecule has 164 valence electrons. The fraction of sp³-hybridized carbons (Fsp3) is 0.240. The first-order valence-electron chi connectivity index (χ1n) is 10.5. The summed E-state index contributed by atoms with van der Waals surface area (Å²) in [7, 11) is 0. The minimum atomic E-state index is -0.715. The molecule has 0 saturated carbocycles. The molecule has 32 heavy (non-hydrogen) atoms. The van der Waals surface area contributed by atoms with Crippen molar-refractivity contribution in [2.75, 3.05) is 11.9 Å². The summed E-state index contributed by atoms with van der Waals surface area (Å²) in [6.45, 7) is 8.15. The molecule has 0 fully saturated rings. The maximum atomic E-state index is 13.5. The topological polar surface area (TPSA) is 73.2 Å². The Labute approximate surface area is 190 Å². The SMILES string of the molecule is CCOc1ccc(-c2c(C)sc3ncn(C(C)C(=O)Nc4ccccc4C)c(=O)c23)cc1.